The van der Waals surface area contributed by atoms with Gasteiger partial charge in [-0.3, -0.25) is 0 Å². The van der Waals surface area contributed by atoms with Crippen molar-refractivity contribution in [1.82, 2.24) is 0 Å². The Bertz CT molecular complexity index is 336. The normalized spacial score (nSPS) is 30.3. The highest BCUT2D eigenvalue weighted by molar-refractivity contribution is 5.23. The number of hydrogen-bond donors (Lipinski definition) is 1. The summed E-state index contributed by atoms with van der Waals surface area (Å²) in [7, 11) is 0. The largest absolute Gasteiger partial charge is 0.385 e. The summed E-state index contributed by atoms with van der Waals surface area (Å²) in [6.45, 7) is 2.20. The molecular formula is C14H19FO. The lowest BCUT2D eigenvalue weighted by Crippen LogP contribution is -2.31. The SMILES string of the molecule is CCC1CCC(O)(c2ccc(F)cc2)CC1. The number of benzene rings is 1. The molecule has 1 nitrogen and oxygen atoms in total. The van der Waals surface area contributed by atoms with Crippen LogP contribution in [0.15, 0.2) is 24.3 Å². The second kappa shape index (κ2) is 4.54. The second-order valence-electron chi connectivity index (χ2n) is 4.89. The van der Waals surface area contributed by atoms with E-state index in [1.807, 2.05) is 0 Å². The van der Waals surface area contributed by atoms with Gasteiger partial charge in [-0.1, -0.05) is 25.5 Å². The van der Waals surface area contributed by atoms with Crippen molar-refractivity contribution >= 4 is 0 Å². The maximum atomic E-state index is 12.8. The lowest BCUT2D eigenvalue weighted by atomic mass is 9.74. The molecule has 0 aliphatic heterocycles. The number of rotatable bonds is 2. The van der Waals surface area contributed by atoms with E-state index in [0.29, 0.717) is 0 Å². The highest BCUT2D eigenvalue weighted by Crippen LogP contribution is 2.40. The molecule has 1 aliphatic carbocycles. The van der Waals surface area contributed by atoms with Crippen LogP contribution in [0.4, 0.5) is 4.39 Å². The predicted molar refractivity (Wildman–Crippen MR) is 62.5 cm³/mol. The van der Waals surface area contributed by atoms with Crippen LogP contribution in [0.5, 0.6) is 0 Å². The molecule has 0 spiro atoms. The average molecular weight is 222 g/mol. The zero-order valence-corrected chi connectivity index (χ0v) is 9.75. The van der Waals surface area contributed by atoms with E-state index in [9.17, 15) is 9.50 Å². The number of halogens is 1. The standard InChI is InChI=1S/C14H19FO/c1-2-11-7-9-14(16,10-8-11)12-3-5-13(15)6-4-12/h3-6,11,16H,2,7-10H2,1H3. The van der Waals surface area contributed by atoms with Crippen LogP contribution < -0.4 is 0 Å². The summed E-state index contributed by atoms with van der Waals surface area (Å²) in [6.07, 6.45) is 4.95. The summed E-state index contributed by atoms with van der Waals surface area (Å²) >= 11 is 0. The molecule has 2 rings (SSSR count). The minimum Gasteiger partial charge on any atom is -0.385 e. The van der Waals surface area contributed by atoms with Crippen LogP contribution in [-0.2, 0) is 5.60 Å². The van der Waals surface area contributed by atoms with Crippen molar-refractivity contribution in [2.24, 2.45) is 5.92 Å². The molecule has 1 fully saturated rings. The summed E-state index contributed by atoms with van der Waals surface area (Å²) in [6, 6.07) is 6.28. The van der Waals surface area contributed by atoms with Gasteiger partial charge in [-0.15, -0.1) is 0 Å². The first kappa shape index (κ1) is 11.6. The van der Waals surface area contributed by atoms with Crippen molar-refractivity contribution in [3.63, 3.8) is 0 Å². The van der Waals surface area contributed by atoms with Gasteiger partial charge in [-0.05, 0) is 49.3 Å². The molecule has 1 saturated carbocycles. The molecule has 0 unspecified atom stereocenters. The second-order valence-corrected chi connectivity index (χ2v) is 4.89. The van der Waals surface area contributed by atoms with Crippen LogP contribution >= 0.6 is 0 Å². The zero-order valence-electron chi connectivity index (χ0n) is 9.75. The fraction of sp³-hybridized carbons (Fsp3) is 0.571. The third kappa shape index (κ3) is 2.27. The maximum absolute atomic E-state index is 12.8. The van der Waals surface area contributed by atoms with Crippen molar-refractivity contribution in [3.05, 3.63) is 35.6 Å². The summed E-state index contributed by atoms with van der Waals surface area (Å²) in [5.74, 6) is 0.510. The zero-order chi connectivity index (χ0) is 11.6. The van der Waals surface area contributed by atoms with Crippen LogP contribution in [0.3, 0.4) is 0 Å². The molecule has 1 aromatic rings. The van der Waals surface area contributed by atoms with Gasteiger partial charge in [0.2, 0.25) is 0 Å². The molecule has 0 amide bonds. The van der Waals surface area contributed by atoms with Gasteiger partial charge >= 0.3 is 0 Å². The maximum Gasteiger partial charge on any atom is 0.123 e. The molecular weight excluding hydrogens is 203 g/mol. The van der Waals surface area contributed by atoms with E-state index in [1.165, 1.54) is 18.6 Å². The Hall–Kier alpha value is -0.890. The Morgan fingerprint density at radius 2 is 1.81 bits per heavy atom. The number of aliphatic hydroxyl groups is 1. The van der Waals surface area contributed by atoms with Gasteiger partial charge in [0.1, 0.15) is 5.82 Å². The molecule has 0 bridgehead atoms. The van der Waals surface area contributed by atoms with Gasteiger partial charge in [0, 0.05) is 0 Å². The third-order valence-corrected chi connectivity index (χ3v) is 3.89. The molecule has 0 radical (unpaired) electrons. The van der Waals surface area contributed by atoms with Gasteiger partial charge in [0.05, 0.1) is 5.60 Å². The van der Waals surface area contributed by atoms with Gasteiger partial charge in [0.15, 0.2) is 0 Å². The Balaban J connectivity index is 2.11. The van der Waals surface area contributed by atoms with E-state index in [-0.39, 0.29) is 5.82 Å². The van der Waals surface area contributed by atoms with E-state index < -0.39 is 5.60 Å². The summed E-state index contributed by atoms with van der Waals surface area (Å²) in [4.78, 5) is 0. The molecule has 88 valence electrons. The molecule has 1 aliphatic rings. The molecule has 1 aromatic carbocycles. The first-order valence-electron chi connectivity index (χ1n) is 6.12. The van der Waals surface area contributed by atoms with Crippen molar-refractivity contribution in [2.45, 2.75) is 44.6 Å². The summed E-state index contributed by atoms with van der Waals surface area (Å²) in [5.41, 5.74) is 0.141. The average Bonchev–Trinajstić information content (AvgIpc) is 2.31. The fourth-order valence-corrected chi connectivity index (χ4v) is 2.61. The first-order chi connectivity index (χ1) is 7.64. The molecule has 0 atom stereocenters. The highest BCUT2D eigenvalue weighted by Gasteiger charge is 2.33. The smallest absolute Gasteiger partial charge is 0.123 e. The Labute approximate surface area is 96.3 Å². The highest BCUT2D eigenvalue weighted by atomic mass is 19.1. The Kier molecular flexibility index (Phi) is 3.29. The fourth-order valence-electron chi connectivity index (χ4n) is 2.61. The van der Waals surface area contributed by atoms with Crippen LogP contribution in [0.2, 0.25) is 0 Å². The van der Waals surface area contributed by atoms with Crippen molar-refractivity contribution in [3.8, 4) is 0 Å². The molecule has 1 N–H and O–H groups in total. The monoisotopic (exact) mass is 222 g/mol. The van der Waals surface area contributed by atoms with Crippen LogP contribution in [-0.4, -0.2) is 5.11 Å². The molecule has 2 heteroatoms. The van der Waals surface area contributed by atoms with E-state index in [1.54, 1.807) is 12.1 Å². The van der Waals surface area contributed by atoms with Crippen molar-refractivity contribution in [1.29, 1.82) is 0 Å². The Morgan fingerprint density at radius 1 is 1.25 bits per heavy atom. The van der Waals surface area contributed by atoms with Crippen molar-refractivity contribution < 1.29 is 9.50 Å². The van der Waals surface area contributed by atoms with Crippen LogP contribution in [0.25, 0.3) is 0 Å². The van der Waals surface area contributed by atoms with E-state index in [4.69, 9.17) is 0 Å². The lowest BCUT2D eigenvalue weighted by molar-refractivity contribution is -0.0146. The van der Waals surface area contributed by atoms with Gasteiger partial charge in [-0.2, -0.15) is 0 Å². The van der Waals surface area contributed by atoms with Crippen LogP contribution in [0.1, 0.15) is 44.6 Å². The molecule has 16 heavy (non-hydrogen) atoms. The number of hydrogen-bond acceptors (Lipinski definition) is 1. The summed E-state index contributed by atoms with van der Waals surface area (Å²) in [5, 5.41) is 10.5. The summed E-state index contributed by atoms with van der Waals surface area (Å²) < 4.78 is 12.8. The lowest BCUT2D eigenvalue weighted by Gasteiger charge is -2.36. The predicted octanol–water partition coefficient (Wildman–Crippen LogP) is 3.61. The third-order valence-electron chi connectivity index (χ3n) is 3.89. The van der Waals surface area contributed by atoms with Gasteiger partial charge in [0.25, 0.3) is 0 Å². The minimum absolute atomic E-state index is 0.241. The van der Waals surface area contributed by atoms with E-state index in [0.717, 1.165) is 37.2 Å². The quantitative estimate of drug-likeness (QED) is 0.810. The van der Waals surface area contributed by atoms with E-state index >= 15 is 0 Å². The topological polar surface area (TPSA) is 20.2 Å². The van der Waals surface area contributed by atoms with Gasteiger partial charge < -0.3 is 5.11 Å². The molecule has 0 heterocycles. The molecule has 0 aromatic heterocycles. The first-order valence-corrected chi connectivity index (χ1v) is 6.12. The molecule has 0 saturated heterocycles. The van der Waals surface area contributed by atoms with Crippen LogP contribution in [0, 0.1) is 11.7 Å². The van der Waals surface area contributed by atoms with Crippen molar-refractivity contribution in [2.75, 3.05) is 0 Å². The minimum atomic E-state index is -0.723. The van der Waals surface area contributed by atoms with E-state index in [2.05, 4.69) is 6.92 Å². The van der Waals surface area contributed by atoms with Gasteiger partial charge in [-0.25, -0.2) is 4.39 Å². The Morgan fingerprint density at radius 3 is 2.31 bits per heavy atom.